The molecular formula is C9H17FN2O2. The Labute approximate surface area is 83.2 Å². The van der Waals surface area contributed by atoms with Crippen LogP contribution in [-0.2, 0) is 4.74 Å². The molecule has 0 aromatic carbocycles. The van der Waals surface area contributed by atoms with Gasteiger partial charge in [-0.3, -0.25) is 0 Å². The van der Waals surface area contributed by atoms with E-state index in [1.807, 2.05) is 0 Å². The molecule has 1 fully saturated rings. The van der Waals surface area contributed by atoms with Gasteiger partial charge in [0.2, 0.25) is 0 Å². The zero-order chi connectivity index (χ0) is 10.8. The van der Waals surface area contributed by atoms with Crippen molar-refractivity contribution in [3.8, 4) is 0 Å². The monoisotopic (exact) mass is 204 g/mol. The van der Waals surface area contributed by atoms with Crippen LogP contribution in [0.2, 0.25) is 0 Å². The van der Waals surface area contributed by atoms with Gasteiger partial charge in [0.05, 0.1) is 6.04 Å². The Morgan fingerprint density at radius 1 is 1.50 bits per heavy atom. The molecule has 0 aliphatic carbocycles. The van der Waals surface area contributed by atoms with Crippen LogP contribution in [0.4, 0.5) is 9.18 Å². The molecule has 82 valence electrons. The molecule has 0 radical (unpaired) electrons. The molecule has 1 rings (SSSR count). The first-order chi connectivity index (χ1) is 6.38. The van der Waals surface area contributed by atoms with Crippen LogP contribution in [0.15, 0.2) is 0 Å². The van der Waals surface area contributed by atoms with Crippen LogP contribution in [0.25, 0.3) is 0 Å². The lowest BCUT2D eigenvalue weighted by Gasteiger charge is -2.22. The van der Waals surface area contributed by atoms with Gasteiger partial charge in [-0.1, -0.05) is 0 Å². The SMILES string of the molecule is CC(C)(C)OC(=O)NC1CNC[C@H]1F. The van der Waals surface area contributed by atoms with Gasteiger partial charge < -0.3 is 15.4 Å². The van der Waals surface area contributed by atoms with E-state index in [-0.39, 0.29) is 0 Å². The van der Waals surface area contributed by atoms with E-state index in [0.29, 0.717) is 13.1 Å². The molecule has 0 bridgehead atoms. The van der Waals surface area contributed by atoms with Crippen molar-refractivity contribution in [2.24, 2.45) is 0 Å². The van der Waals surface area contributed by atoms with E-state index in [0.717, 1.165) is 0 Å². The second kappa shape index (κ2) is 4.13. The number of hydrogen-bond acceptors (Lipinski definition) is 3. The molecule has 1 saturated heterocycles. The Morgan fingerprint density at radius 3 is 2.57 bits per heavy atom. The summed E-state index contributed by atoms with van der Waals surface area (Å²) in [4.78, 5) is 11.2. The fourth-order valence-electron chi connectivity index (χ4n) is 1.25. The van der Waals surface area contributed by atoms with Crippen LogP contribution < -0.4 is 10.6 Å². The highest BCUT2D eigenvalue weighted by Gasteiger charge is 2.29. The predicted octanol–water partition coefficient (Wildman–Crippen LogP) is 0.821. The van der Waals surface area contributed by atoms with Gasteiger partial charge in [0, 0.05) is 13.1 Å². The first kappa shape index (κ1) is 11.2. The number of halogens is 1. The van der Waals surface area contributed by atoms with Gasteiger partial charge in [0.25, 0.3) is 0 Å². The Kier molecular flexibility index (Phi) is 3.31. The molecule has 1 unspecified atom stereocenters. The number of amides is 1. The first-order valence-corrected chi connectivity index (χ1v) is 4.73. The van der Waals surface area contributed by atoms with Crippen molar-refractivity contribution < 1.29 is 13.9 Å². The number of rotatable bonds is 1. The maximum atomic E-state index is 13.0. The molecule has 4 nitrogen and oxygen atoms in total. The van der Waals surface area contributed by atoms with E-state index in [1.54, 1.807) is 20.8 Å². The molecule has 0 spiro atoms. The average Bonchev–Trinajstić information content (AvgIpc) is 2.32. The molecule has 14 heavy (non-hydrogen) atoms. The highest BCUT2D eigenvalue weighted by molar-refractivity contribution is 5.68. The number of hydrogen-bond donors (Lipinski definition) is 2. The third kappa shape index (κ3) is 3.49. The fourth-order valence-corrected chi connectivity index (χ4v) is 1.25. The normalized spacial score (nSPS) is 27.4. The molecular weight excluding hydrogens is 187 g/mol. The van der Waals surface area contributed by atoms with Crippen LogP contribution in [0.3, 0.4) is 0 Å². The van der Waals surface area contributed by atoms with Gasteiger partial charge in [0.1, 0.15) is 11.8 Å². The fraction of sp³-hybridized carbons (Fsp3) is 0.889. The molecule has 2 N–H and O–H groups in total. The van der Waals surface area contributed by atoms with Gasteiger partial charge in [-0.2, -0.15) is 0 Å². The van der Waals surface area contributed by atoms with Crippen molar-refractivity contribution >= 4 is 6.09 Å². The Morgan fingerprint density at radius 2 is 2.14 bits per heavy atom. The molecule has 2 atom stereocenters. The summed E-state index contributed by atoms with van der Waals surface area (Å²) in [6.45, 7) is 6.06. The number of alkyl carbamates (subject to hydrolysis) is 1. The average molecular weight is 204 g/mol. The summed E-state index contributed by atoms with van der Waals surface area (Å²) in [5.74, 6) is 0. The minimum Gasteiger partial charge on any atom is -0.444 e. The summed E-state index contributed by atoms with van der Waals surface area (Å²) >= 11 is 0. The summed E-state index contributed by atoms with van der Waals surface area (Å²) in [5, 5.41) is 5.33. The van der Waals surface area contributed by atoms with E-state index in [2.05, 4.69) is 10.6 Å². The molecule has 5 heteroatoms. The Bertz CT molecular complexity index is 215. The van der Waals surface area contributed by atoms with Crippen molar-refractivity contribution in [1.82, 2.24) is 10.6 Å². The lowest BCUT2D eigenvalue weighted by atomic mass is 10.2. The second-order valence-electron chi connectivity index (χ2n) is 4.43. The molecule has 1 aliphatic rings. The summed E-state index contributed by atoms with van der Waals surface area (Å²) in [7, 11) is 0. The van der Waals surface area contributed by atoms with Crippen molar-refractivity contribution in [3.63, 3.8) is 0 Å². The maximum absolute atomic E-state index is 13.0. The standard InChI is InChI=1S/C9H17FN2O2/c1-9(2,3)14-8(13)12-7-5-11-4-6(7)10/h6-7,11H,4-5H2,1-3H3,(H,12,13)/t6-,7?/m1/s1. The van der Waals surface area contributed by atoms with E-state index in [1.165, 1.54) is 0 Å². The molecule has 1 amide bonds. The lowest BCUT2D eigenvalue weighted by molar-refractivity contribution is 0.0490. The zero-order valence-corrected chi connectivity index (χ0v) is 8.76. The van der Waals surface area contributed by atoms with Crippen LogP contribution in [-0.4, -0.2) is 37.0 Å². The molecule has 0 saturated carbocycles. The summed E-state index contributed by atoms with van der Waals surface area (Å²) in [6, 6.07) is -0.468. The minimum atomic E-state index is -1.03. The quantitative estimate of drug-likeness (QED) is 0.665. The van der Waals surface area contributed by atoms with E-state index in [9.17, 15) is 9.18 Å². The Balaban J connectivity index is 2.33. The smallest absolute Gasteiger partial charge is 0.408 e. The molecule has 1 heterocycles. The number of carbonyl (C=O) groups is 1. The Hall–Kier alpha value is -0.840. The van der Waals surface area contributed by atoms with E-state index < -0.39 is 23.9 Å². The maximum Gasteiger partial charge on any atom is 0.408 e. The predicted molar refractivity (Wildman–Crippen MR) is 50.9 cm³/mol. The van der Waals surface area contributed by atoms with Gasteiger partial charge in [-0.05, 0) is 20.8 Å². The van der Waals surface area contributed by atoms with Gasteiger partial charge in [0.15, 0.2) is 0 Å². The summed E-state index contributed by atoms with van der Waals surface area (Å²) in [6.07, 6.45) is -1.59. The highest BCUT2D eigenvalue weighted by atomic mass is 19.1. The van der Waals surface area contributed by atoms with Crippen LogP contribution in [0, 0.1) is 0 Å². The topological polar surface area (TPSA) is 50.4 Å². The lowest BCUT2D eigenvalue weighted by Crippen LogP contribution is -2.43. The number of alkyl halides is 1. The largest absolute Gasteiger partial charge is 0.444 e. The van der Waals surface area contributed by atoms with Crippen LogP contribution in [0.1, 0.15) is 20.8 Å². The number of ether oxygens (including phenoxy) is 1. The molecule has 0 aromatic rings. The summed E-state index contributed by atoms with van der Waals surface area (Å²) < 4.78 is 18.1. The van der Waals surface area contributed by atoms with Crippen molar-refractivity contribution in [3.05, 3.63) is 0 Å². The third-order valence-electron chi connectivity index (χ3n) is 1.84. The molecule has 1 aliphatic heterocycles. The van der Waals surface area contributed by atoms with Gasteiger partial charge in [-0.15, -0.1) is 0 Å². The van der Waals surface area contributed by atoms with Crippen LogP contribution in [0.5, 0.6) is 0 Å². The molecule has 0 aromatic heterocycles. The van der Waals surface area contributed by atoms with Gasteiger partial charge >= 0.3 is 6.09 Å². The highest BCUT2D eigenvalue weighted by Crippen LogP contribution is 2.09. The summed E-state index contributed by atoms with van der Waals surface area (Å²) in [5.41, 5.74) is -0.540. The first-order valence-electron chi connectivity index (χ1n) is 4.73. The van der Waals surface area contributed by atoms with Crippen molar-refractivity contribution in [2.75, 3.05) is 13.1 Å². The number of carbonyl (C=O) groups excluding carboxylic acids is 1. The van der Waals surface area contributed by atoms with E-state index in [4.69, 9.17) is 4.74 Å². The second-order valence-corrected chi connectivity index (χ2v) is 4.43. The number of nitrogens with one attached hydrogen (secondary N) is 2. The van der Waals surface area contributed by atoms with E-state index >= 15 is 0 Å². The minimum absolute atomic E-state index is 0.292. The van der Waals surface area contributed by atoms with Crippen molar-refractivity contribution in [1.29, 1.82) is 0 Å². The van der Waals surface area contributed by atoms with Gasteiger partial charge in [-0.25, -0.2) is 9.18 Å². The van der Waals surface area contributed by atoms with Crippen LogP contribution >= 0.6 is 0 Å². The zero-order valence-electron chi connectivity index (χ0n) is 8.76. The van der Waals surface area contributed by atoms with Crippen molar-refractivity contribution in [2.45, 2.75) is 38.6 Å². The third-order valence-corrected chi connectivity index (χ3v) is 1.84.